The lowest BCUT2D eigenvalue weighted by Gasteiger charge is -2.26. The van der Waals surface area contributed by atoms with Gasteiger partial charge in [0.05, 0.1) is 9.21 Å². The van der Waals surface area contributed by atoms with E-state index >= 15 is 0 Å². The number of nitrogens with one attached hydrogen (secondary N) is 1. The number of thiophene rings is 1. The molecule has 0 saturated heterocycles. The summed E-state index contributed by atoms with van der Waals surface area (Å²) in [6.45, 7) is 6.64. The van der Waals surface area contributed by atoms with Crippen LogP contribution in [0.2, 0.25) is 4.34 Å². The number of carbonyl (C=O) groups is 1. The van der Waals surface area contributed by atoms with Gasteiger partial charge in [0.2, 0.25) is 6.10 Å². The molecule has 2 aromatic heterocycles. The second-order valence-corrected chi connectivity index (χ2v) is 9.83. The van der Waals surface area contributed by atoms with E-state index in [0.717, 1.165) is 11.3 Å². The maximum atomic E-state index is 13.5. The summed E-state index contributed by atoms with van der Waals surface area (Å²) < 4.78 is 1.92. The van der Waals surface area contributed by atoms with E-state index in [4.69, 9.17) is 22.2 Å². The number of nitrogens with zero attached hydrogens (tertiary/aromatic N) is 3. The number of anilines is 2. The van der Waals surface area contributed by atoms with E-state index in [0.29, 0.717) is 29.4 Å². The van der Waals surface area contributed by atoms with E-state index in [9.17, 15) is 14.4 Å². The first kappa shape index (κ1) is 24.1. The van der Waals surface area contributed by atoms with Gasteiger partial charge in [-0.2, -0.15) is 0 Å². The van der Waals surface area contributed by atoms with Gasteiger partial charge in [-0.15, -0.1) is 11.3 Å². The van der Waals surface area contributed by atoms with Crippen LogP contribution in [0.5, 0.6) is 0 Å². The first-order valence-corrected chi connectivity index (χ1v) is 11.8. The minimum Gasteiger partial charge on any atom is -0.383 e. The number of hydrogen-bond donors (Lipinski definition) is 2. The highest BCUT2D eigenvalue weighted by molar-refractivity contribution is 7.18. The highest BCUT2D eigenvalue weighted by atomic mass is 35.5. The van der Waals surface area contributed by atoms with Gasteiger partial charge in [0.25, 0.3) is 11.5 Å². The van der Waals surface area contributed by atoms with E-state index in [1.165, 1.54) is 20.8 Å². The number of halogens is 1. The molecule has 1 amide bonds. The molecule has 3 N–H and O–H groups in total. The molecule has 3 heterocycles. The fraction of sp³-hybridized carbons (Fsp3) is 0.524. The van der Waals surface area contributed by atoms with Gasteiger partial charge in [-0.05, 0) is 30.9 Å². The molecule has 0 radical (unpaired) electrons. The molecular formula is C21H28ClN5O4S. The molecule has 1 atom stereocenters. The van der Waals surface area contributed by atoms with Crippen LogP contribution >= 0.6 is 22.9 Å². The van der Waals surface area contributed by atoms with Crippen LogP contribution in [0.15, 0.2) is 26.9 Å². The number of oxime groups is 1. The molecule has 0 saturated carbocycles. The average Bonchev–Trinajstić information content (AvgIpc) is 3.38. The van der Waals surface area contributed by atoms with E-state index in [1.807, 2.05) is 26.8 Å². The van der Waals surface area contributed by atoms with E-state index in [2.05, 4.69) is 10.1 Å². The molecule has 1 unspecified atom stereocenters. The van der Waals surface area contributed by atoms with E-state index in [1.54, 1.807) is 6.07 Å². The predicted octanol–water partition coefficient (Wildman–Crippen LogP) is 3.21. The number of rotatable bonds is 9. The van der Waals surface area contributed by atoms with Crippen LogP contribution in [-0.2, 0) is 16.2 Å². The summed E-state index contributed by atoms with van der Waals surface area (Å²) in [6, 6.07) is 3.58. The first-order valence-electron chi connectivity index (χ1n) is 10.6. The van der Waals surface area contributed by atoms with Gasteiger partial charge >= 0.3 is 5.69 Å². The molecule has 1 aliphatic rings. The van der Waals surface area contributed by atoms with Crippen molar-refractivity contribution < 1.29 is 9.63 Å². The Balaban J connectivity index is 1.93. The van der Waals surface area contributed by atoms with Crippen molar-refractivity contribution in [1.82, 2.24) is 9.55 Å². The largest absolute Gasteiger partial charge is 0.383 e. The summed E-state index contributed by atoms with van der Waals surface area (Å²) >= 11 is 7.36. The van der Waals surface area contributed by atoms with Crippen LogP contribution in [0, 0.1) is 5.92 Å². The number of unbranched alkanes of at least 4 members (excludes halogenated alkanes) is 1. The van der Waals surface area contributed by atoms with Crippen molar-refractivity contribution in [3.05, 3.63) is 42.2 Å². The number of aromatic nitrogens is 2. The van der Waals surface area contributed by atoms with Crippen LogP contribution in [0.3, 0.4) is 0 Å². The quantitative estimate of drug-likeness (QED) is 0.569. The molecule has 0 bridgehead atoms. The Bertz CT molecular complexity index is 1120. The van der Waals surface area contributed by atoms with Crippen molar-refractivity contribution in [2.24, 2.45) is 11.1 Å². The van der Waals surface area contributed by atoms with Crippen LogP contribution in [0.1, 0.15) is 51.3 Å². The van der Waals surface area contributed by atoms with Crippen LogP contribution in [0.25, 0.3) is 0 Å². The molecule has 1 aliphatic heterocycles. The second kappa shape index (κ2) is 10.4. The van der Waals surface area contributed by atoms with Crippen LogP contribution in [-0.4, -0.2) is 33.8 Å². The number of hydrogen-bond acceptors (Lipinski definition) is 7. The SMILES string of the molecule is CCCCn1c(N)c(N(CCC(C)C)C(=O)C2CC(c3ccc(Cl)s3)=NO2)c(=O)[nH]c1=O. The number of H-pyrrole nitrogens is 1. The van der Waals surface area contributed by atoms with Crippen LogP contribution < -0.4 is 21.9 Å². The molecule has 11 heteroatoms. The zero-order valence-electron chi connectivity index (χ0n) is 18.4. The first-order chi connectivity index (χ1) is 15.2. The van der Waals surface area contributed by atoms with Crippen molar-refractivity contribution in [1.29, 1.82) is 0 Å². The van der Waals surface area contributed by atoms with Crippen molar-refractivity contribution in [2.45, 2.75) is 59.1 Å². The van der Waals surface area contributed by atoms with Crippen molar-refractivity contribution in [2.75, 3.05) is 17.2 Å². The number of nitrogens with two attached hydrogens (primary N) is 1. The van der Waals surface area contributed by atoms with Gasteiger partial charge in [-0.1, -0.05) is 43.9 Å². The Hall–Kier alpha value is -2.59. The Morgan fingerprint density at radius 3 is 2.81 bits per heavy atom. The maximum Gasteiger partial charge on any atom is 0.330 e. The highest BCUT2D eigenvalue weighted by Gasteiger charge is 2.35. The van der Waals surface area contributed by atoms with Gasteiger partial charge in [0.15, 0.2) is 5.69 Å². The summed E-state index contributed by atoms with van der Waals surface area (Å²) in [5.41, 5.74) is 5.58. The van der Waals surface area contributed by atoms with Gasteiger partial charge < -0.3 is 15.5 Å². The highest BCUT2D eigenvalue weighted by Crippen LogP contribution is 2.28. The normalized spacial score (nSPS) is 15.7. The Labute approximate surface area is 194 Å². The molecule has 2 aromatic rings. The zero-order valence-corrected chi connectivity index (χ0v) is 20.0. The standard InChI is InChI=1S/C21H28ClN5O4S/c1-4-5-9-27-18(23)17(19(28)24-21(27)30)26(10-8-12(2)3)20(29)14-11-13(25-31-14)15-6-7-16(22)32-15/h6-7,12,14H,4-5,8-11,23H2,1-3H3,(H,24,28,30). The average molecular weight is 482 g/mol. The third-order valence-corrected chi connectivity index (χ3v) is 6.50. The summed E-state index contributed by atoms with van der Waals surface area (Å²) in [5, 5.41) is 4.06. The van der Waals surface area contributed by atoms with Crippen molar-refractivity contribution in [3.63, 3.8) is 0 Å². The lowest BCUT2D eigenvalue weighted by atomic mass is 10.1. The minimum absolute atomic E-state index is 0.0199. The topological polar surface area (TPSA) is 123 Å². The lowest BCUT2D eigenvalue weighted by Crippen LogP contribution is -2.45. The summed E-state index contributed by atoms with van der Waals surface area (Å²) in [7, 11) is 0. The predicted molar refractivity (Wildman–Crippen MR) is 128 cm³/mol. The zero-order chi connectivity index (χ0) is 23.4. The lowest BCUT2D eigenvalue weighted by molar-refractivity contribution is -0.128. The van der Waals surface area contributed by atoms with Gasteiger partial charge in [-0.25, -0.2) is 4.79 Å². The summed E-state index contributed by atoms with van der Waals surface area (Å²) in [4.78, 5) is 48.4. The molecule has 0 fully saturated rings. The Morgan fingerprint density at radius 1 is 1.44 bits per heavy atom. The summed E-state index contributed by atoms with van der Waals surface area (Å²) in [5.74, 6) is -0.167. The molecule has 0 aromatic carbocycles. The number of nitrogen functional groups attached to an aromatic ring is 1. The smallest absolute Gasteiger partial charge is 0.330 e. The Morgan fingerprint density at radius 2 is 2.19 bits per heavy atom. The fourth-order valence-corrected chi connectivity index (χ4v) is 4.43. The summed E-state index contributed by atoms with van der Waals surface area (Å²) in [6.07, 6.45) is 1.55. The molecule has 0 spiro atoms. The van der Waals surface area contributed by atoms with Crippen molar-refractivity contribution in [3.8, 4) is 0 Å². The molecule has 3 rings (SSSR count). The molecule has 174 valence electrons. The number of aromatic amines is 1. The maximum absolute atomic E-state index is 13.5. The van der Waals surface area contributed by atoms with E-state index in [-0.39, 0.29) is 30.4 Å². The van der Waals surface area contributed by atoms with E-state index < -0.39 is 23.3 Å². The Kier molecular flexibility index (Phi) is 7.78. The second-order valence-electron chi connectivity index (χ2n) is 8.11. The van der Waals surface area contributed by atoms with Gasteiger partial charge in [0.1, 0.15) is 11.5 Å². The molecular weight excluding hydrogens is 454 g/mol. The van der Waals surface area contributed by atoms with Gasteiger partial charge in [0, 0.05) is 19.5 Å². The fourth-order valence-electron chi connectivity index (χ4n) is 3.39. The molecule has 9 nitrogen and oxygen atoms in total. The molecule has 0 aliphatic carbocycles. The van der Waals surface area contributed by atoms with Gasteiger partial charge in [-0.3, -0.25) is 19.1 Å². The third-order valence-electron chi connectivity index (χ3n) is 5.22. The third kappa shape index (κ3) is 5.24. The van der Waals surface area contributed by atoms with Crippen LogP contribution in [0.4, 0.5) is 11.5 Å². The minimum atomic E-state index is -0.896. The molecule has 32 heavy (non-hydrogen) atoms. The monoisotopic (exact) mass is 481 g/mol. The number of amides is 1. The number of carbonyl (C=O) groups excluding carboxylic acids is 1. The van der Waals surface area contributed by atoms with Crippen molar-refractivity contribution >= 4 is 46.1 Å².